The number of hydrogen-bond acceptors (Lipinski definition) is 2. The second-order valence-corrected chi connectivity index (χ2v) is 5.16. The summed E-state index contributed by atoms with van der Waals surface area (Å²) >= 11 is 0. The molecule has 1 heterocycles. The molecular weight excluding hydrogens is 227 g/mol. The van der Waals surface area contributed by atoms with Crippen molar-refractivity contribution in [1.82, 2.24) is 4.90 Å². The molecule has 0 saturated carbocycles. The van der Waals surface area contributed by atoms with Gasteiger partial charge in [-0.2, -0.15) is 0 Å². The van der Waals surface area contributed by atoms with Gasteiger partial charge >= 0.3 is 0 Å². The zero-order chi connectivity index (χ0) is 13.0. The smallest absolute Gasteiger partial charge is 0.127 e. The van der Waals surface area contributed by atoms with Crippen LogP contribution in [0.5, 0.6) is 0 Å². The van der Waals surface area contributed by atoms with Gasteiger partial charge in [0, 0.05) is 24.7 Å². The van der Waals surface area contributed by atoms with Crippen molar-refractivity contribution in [2.24, 2.45) is 5.73 Å². The average Bonchev–Trinajstić information content (AvgIpc) is 2.42. The van der Waals surface area contributed by atoms with Crippen molar-refractivity contribution in [2.75, 3.05) is 6.54 Å². The highest BCUT2D eigenvalue weighted by Crippen LogP contribution is 2.23. The van der Waals surface area contributed by atoms with Crippen LogP contribution in [0.2, 0.25) is 0 Å². The summed E-state index contributed by atoms with van der Waals surface area (Å²) in [5.41, 5.74) is 7.42. The van der Waals surface area contributed by atoms with E-state index in [0.717, 1.165) is 30.6 Å². The molecule has 1 saturated heterocycles. The van der Waals surface area contributed by atoms with Gasteiger partial charge in [0.2, 0.25) is 0 Å². The zero-order valence-corrected chi connectivity index (χ0v) is 11.2. The summed E-state index contributed by atoms with van der Waals surface area (Å²) in [4.78, 5) is 2.42. The minimum absolute atomic E-state index is 0.104. The van der Waals surface area contributed by atoms with Gasteiger partial charge in [-0.25, -0.2) is 4.39 Å². The lowest BCUT2D eigenvalue weighted by molar-refractivity contribution is 0.134. The van der Waals surface area contributed by atoms with E-state index >= 15 is 0 Å². The lowest BCUT2D eigenvalue weighted by atomic mass is 9.99. The number of benzene rings is 1. The number of halogens is 1. The Morgan fingerprint density at radius 1 is 1.39 bits per heavy atom. The molecule has 2 nitrogen and oxygen atoms in total. The third-order valence-electron chi connectivity index (χ3n) is 3.94. The molecule has 0 aromatic heterocycles. The van der Waals surface area contributed by atoms with Crippen LogP contribution in [0.1, 0.15) is 43.7 Å². The third-order valence-corrected chi connectivity index (χ3v) is 3.94. The number of piperidine rings is 1. The highest BCUT2D eigenvalue weighted by atomic mass is 19.1. The van der Waals surface area contributed by atoms with Gasteiger partial charge in [0.15, 0.2) is 0 Å². The molecule has 1 aromatic rings. The van der Waals surface area contributed by atoms with E-state index in [1.54, 1.807) is 12.1 Å². The van der Waals surface area contributed by atoms with E-state index in [2.05, 4.69) is 11.8 Å². The predicted octanol–water partition coefficient (Wildman–Crippen LogP) is 3.05. The third kappa shape index (κ3) is 3.09. The van der Waals surface area contributed by atoms with Crippen molar-refractivity contribution in [2.45, 2.75) is 51.7 Å². The van der Waals surface area contributed by atoms with Crippen LogP contribution < -0.4 is 5.73 Å². The molecule has 18 heavy (non-hydrogen) atoms. The topological polar surface area (TPSA) is 29.3 Å². The first-order chi connectivity index (χ1) is 8.74. The van der Waals surface area contributed by atoms with E-state index in [-0.39, 0.29) is 5.82 Å². The normalized spacial score (nSPS) is 21.2. The molecule has 1 aliphatic rings. The molecule has 3 heteroatoms. The van der Waals surface area contributed by atoms with Crippen LogP contribution in [0.15, 0.2) is 18.2 Å². The number of hydrogen-bond donors (Lipinski definition) is 1. The summed E-state index contributed by atoms with van der Waals surface area (Å²) in [6, 6.07) is 5.84. The molecule has 0 spiro atoms. The largest absolute Gasteiger partial charge is 0.326 e. The quantitative estimate of drug-likeness (QED) is 0.890. The van der Waals surface area contributed by atoms with Crippen LogP contribution in [0.4, 0.5) is 4.39 Å². The monoisotopic (exact) mass is 250 g/mol. The van der Waals surface area contributed by atoms with Gasteiger partial charge in [-0.1, -0.05) is 25.5 Å². The molecule has 0 bridgehead atoms. The molecular formula is C15H23FN2. The Hall–Kier alpha value is -0.930. The second-order valence-electron chi connectivity index (χ2n) is 5.16. The maximum absolute atomic E-state index is 13.8. The first-order valence-electron chi connectivity index (χ1n) is 6.96. The Bertz CT molecular complexity index is 392. The van der Waals surface area contributed by atoms with E-state index in [4.69, 9.17) is 5.73 Å². The van der Waals surface area contributed by atoms with E-state index in [1.165, 1.54) is 19.3 Å². The summed E-state index contributed by atoms with van der Waals surface area (Å²) in [6.45, 7) is 4.50. The Morgan fingerprint density at radius 3 is 2.94 bits per heavy atom. The van der Waals surface area contributed by atoms with Gasteiger partial charge in [0.25, 0.3) is 0 Å². The number of likely N-dealkylation sites (tertiary alicyclic amines) is 1. The predicted molar refractivity (Wildman–Crippen MR) is 72.6 cm³/mol. The van der Waals surface area contributed by atoms with Gasteiger partial charge in [-0.05, 0) is 37.4 Å². The van der Waals surface area contributed by atoms with Crippen LogP contribution >= 0.6 is 0 Å². The molecule has 100 valence electrons. The molecule has 1 aromatic carbocycles. The minimum Gasteiger partial charge on any atom is -0.326 e. The Kier molecular flexibility index (Phi) is 4.72. The standard InChI is InChI=1S/C15H23FN2/c1-2-14-5-3-4-8-18(14)11-13-9-12(10-17)6-7-15(13)16/h6-7,9,14H,2-5,8,10-11,17H2,1H3. The number of nitrogens with two attached hydrogens (primary N) is 1. The number of nitrogens with zero attached hydrogens (tertiary/aromatic N) is 1. The van der Waals surface area contributed by atoms with Crippen LogP contribution in [0.25, 0.3) is 0 Å². The van der Waals surface area contributed by atoms with Crippen molar-refractivity contribution in [3.63, 3.8) is 0 Å². The molecule has 0 aliphatic carbocycles. The molecule has 0 radical (unpaired) electrons. The SMILES string of the molecule is CCC1CCCCN1Cc1cc(CN)ccc1F. The van der Waals surface area contributed by atoms with Crippen LogP contribution in [0.3, 0.4) is 0 Å². The van der Waals surface area contributed by atoms with Gasteiger partial charge in [0.1, 0.15) is 5.82 Å². The van der Waals surface area contributed by atoms with Gasteiger partial charge in [-0.3, -0.25) is 4.90 Å². The zero-order valence-electron chi connectivity index (χ0n) is 11.2. The van der Waals surface area contributed by atoms with Crippen molar-refractivity contribution >= 4 is 0 Å². The Morgan fingerprint density at radius 2 is 2.22 bits per heavy atom. The molecule has 2 N–H and O–H groups in total. The van der Waals surface area contributed by atoms with Gasteiger partial charge < -0.3 is 5.73 Å². The Balaban J connectivity index is 2.11. The molecule has 1 atom stereocenters. The van der Waals surface area contributed by atoms with Crippen molar-refractivity contribution in [3.8, 4) is 0 Å². The van der Waals surface area contributed by atoms with E-state index in [1.807, 2.05) is 6.07 Å². The fourth-order valence-electron chi connectivity index (χ4n) is 2.83. The van der Waals surface area contributed by atoms with Gasteiger partial charge in [0.05, 0.1) is 0 Å². The van der Waals surface area contributed by atoms with Crippen molar-refractivity contribution < 1.29 is 4.39 Å². The van der Waals surface area contributed by atoms with Crippen LogP contribution in [0, 0.1) is 5.82 Å². The fraction of sp³-hybridized carbons (Fsp3) is 0.600. The summed E-state index contributed by atoms with van der Waals surface area (Å²) in [5.74, 6) is -0.104. The molecule has 2 rings (SSSR count). The summed E-state index contributed by atoms with van der Waals surface area (Å²) in [6.07, 6.45) is 4.93. The molecule has 1 unspecified atom stereocenters. The van der Waals surface area contributed by atoms with Crippen LogP contribution in [-0.2, 0) is 13.1 Å². The molecule has 1 aliphatic heterocycles. The Labute approximate surface area is 109 Å². The summed E-state index contributed by atoms with van der Waals surface area (Å²) in [7, 11) is 0. The lowest BCUT2D eigenvalue weighted by Crippen LogP contribution is -2.38. The van der Waals surface area contributed by atoms with E-state index in [0.29, 0.717) is 12.6 Å². The minimum atomic E-state index is -0.104. The first kappa shape index (κ1) is 13.5. The number of rotatable bonds is 4. The van der Waals surface area contributed by atoms with Crippen molar-refractivity contribution in [3.05, 3.63) is 35.1 Å². The van der Waals surface area contributed by atoms with Gasteiger partial charge in [-0.15, -0.1) is 0 Å². The highest BCUT2D eigenvalue weighted by molar-refractivity contribution is 5.25. The summed E-state index contributed by atoms with van der Waals surface area (Å²) < 4.78 is 13.8. The van der Waals surface area contributed by atoms with Crippen molar-refractivity contribution in [1.29, 1.82) is 0 Å². The van der Waals surface area contributed by atoms with E-state index in [9.17, 15) is 4.39 Å². The maximum Gasteiger partial charge on any atom is 0.127 e. The van der Waals surface area contributed by atoms with Crippen LogP contribution in [-0.4, -0.2) is 17.5 Å². The molecule has 0 amide bonds. The maximum atomic E-state index is 13.8. The fourth-order valence-corrected chi connectivity index (χ4v) is 2.83. The second kappa shape index (κ2) is 6.30. The van der Waals surface area contributed by atoms with E-state index < -0.39 is 0 Å². The molecule has 1 fully saturated rings. The summed E-state index contributed by atoms with van der Waals surface area (Å²) in [5, 5.41) is 0. The first-order valence-corrected chi connectivity index (χ1v) is 6.96. The average molecular weight is 250 g/mol. The highest BCUT2D eigenvalue weighted by Gasteiger charge is 2.21. The lowest BCUT2D eigenvalue weighted by Gasteiger charge is -2.35.